The Hall–Kier alpha value is -1.81. The molecule has 1 aromatic heterocycles. The standard InChI is InChI=1S/C17H23NO3/c1-15-6-8-17(9-7-15)20-14-13-19-11-4-2-3-5-16-10-12-21-18-16/h6-10,12H,2-5,11,13-14H2,1H3. The van der Waals surface area contributed by atoms with Gasteiger partial charge in [-0.25, -0.2) is 0 Å². The SMILES string of the molecule is Cc1ccc(OCCOCCCCCc2ccon2)cc1. The van der Waals surface area contributed by atoms with Crippen LogP contribution in [0.2, 0.25) is 0 Å². The molecule has 0 N–H and O–H groups in total. The summed E-state index contributed by atoms with van der Waals surface area (Å²) in [5.74, 6) is 0.900. The first-order valence-electron chi connectivity index (χ1n) is 7.51. The van der Waals surface area contributed by atoms with E-state index in [1.54, 1.807) is 6.26 Å². The van der Waals surface area contributed by atoms with E-state index in [0.717, 1.165) is 43.7 Å². The van der Waals surface area contributed by atoms with Crippen LogP contribution in [0.5, 0.6) is 5.75 Å². The molecule has 0 aliphatic heterocycles. The molecule has 0 radical (unpaired) electrons. The molecule has 0 saturated heterocycles. The predicted molar refractivity (Wildman–Crippen MR) is 81.6 cm³/mol. The Bertz CT molecular complexity index is 479. The Labute approximate surface area is 126 Å². The molecular weight excluding hydrogens is 266 g/mol. The third kappa shape index (κ3) is 6.45. The predicted octanol–water partition coefficient (Wildman–Crippen LogP) is 3.79. The van der Waals surface area contributed by atoms with E-state index in [2.05, 4.69) is 12.1 Å². The monoisotopic (exact) mass is 289 g/mol. The lowest BCUT2D eigenvalue weighted by Crippen LogP contribution is -2.07. The van der Waals surface area contributed by atoms with E-state index < -0.39 is 0 Å². The number of ether oxygens (including phenoxy) is 2. The van der Waals surface area contributed by atoms with Crippen molar-refractivity contribution in [3.63, 3.8) is 0 Å². The van der Waals surface area contributed by atoms with Crippen LogP contribution in [0.4, 0.5) is 0 Å². The van der Waals surface area contributed by atoms with E-state index in [9.17, 15) is 0 Å². The molecule has 2 aromatic rings. The maximum Gasteiger partial charge on any atom is 0.124 e. The first kappa shape index (κ1) is 15.6. The van der Waals surface area contributed by atoms with E-state index >= 15 is 0 Å². The number of aromatic nitrogens is 1. The molecule has 0 atom stereocenters. The minimum Gasteiger partial charge on any atom is -0.491 e. The zero-order chi connectivity index (χ0) is 14.8. The number of nitrogens with zero attached hydrogens (tertiary/aromatic N) is 1. The van der Waals surface area contributed by atoms with Crippen molar-refractivity contribution < 1.29 is 14.0 Å². The average Bonchev–Trinajstić information content (AvgIpc) is 3.01. The number of aryl methyl sites for hydroxylation is 2. The second kappa shape index (κ2) is 9.19. The number of hydrogen-bond acceptors (Lipinski definition) is 4. The highest BCUT2D eigenvalue weighted by molar-refractivity contribution is 5.26. The highest BCUT2D eigenvalue weighted by atomic mass is 16.5. The average molecular weight is 289 g/mol. The number of rotatable bonds is 10. The summed E-state index contributed by atoms with van der Waals surface area (Å²) in [6.07, 6.45) is 5.93. The van der Waals surface area contributed by atoms with Crippen LogP contribution < -0.4 is 4.74 Å². The molecule has 0 aliphatic rings. The van der Waals surface area contributed by atoms with Crippen LogP contribution in [0.1, 0.15) is 30.5 Å². The van der Waals surface area contributed by atoms with Gasteiger partial charge in [-0.3, -0.25) is 0 Å². The quantitative estimate of drug-likeness (QED) is 0.624. The molecule has 0 bridgehead atoms. The fourth-order valence-corrected chi connectivity index (χ4v) is 2.01. The van der Waals surface area contributed by atoms with Crippen molar-refractivity contribution in [1.82, 2.24) is 5.16 Å². The molecule has 114 valence electrons. The van der Waals surface area contributed by atoms with Crippen LogP contribution in [0, 0.1) is 6.92 Å². The van der Waals surface area contributed by atoms with Crippen molar-refractivity contribution in [2.24, 2.45) is 0 Å². The van der Waals surface area contributed by atoms with E-state index in [0.29, 0.717) is 13.2 Å². The van der Waals surface area contributed by atoms with Crippen molar-refractivity contribution in [3.8, 4) is 5.75 Å². The highest BCUT2D eigenvalue weighted by Crippen LogP contribution is 2.11. The minimum atomic E-state index is 0.599. The molecule has 4 heteroatoms. The maximum atomic E-state index is 5.59. The zero-order valence-electron chi connectivity index (χ0n) is 12.6. The van der Waals surface area contributed by atoms with Gasteiger partial charge in [-0.1, -0.05) is 29.3 Å². The molecule has 0 saturated carbocycles. The van der Waals surface area contributed by atoms with E-state index in [4.69, 9.17) is 14.0 Å². The molecule has 1 heterocycles. The van der Waals surface area contributed by atoms with Crippen LogP contribution in [-0.2, 0) is 11.2 Å². The first-order valence-corrected chi connectivity index (χ1v) is 7.51. The third-order valence-electron chi connectivity index (χ3n) is 3.23. The van der Waals surface area contributed by atoms with Gasteiger partial charge < -0.3 is 14.0 Å². The van der Waals surface area contributed by atoms with Crippen molar-refractivity contribution in [3.05, 3.63) is 47.9 Å². The Balaban J connectivity index is 1.41. The van der Waals surface area contributed by atoms with Gasteiger partial charge in [0.05, 0.1) is 12.3 Å². The second-order valence-electron chi connectivity index (χ2n) is 5.08. The summed E-state index contributed by atoms with van der Waals surface area (Å²) >= 11 is 0. The topological polar surface area (TPSA) is 44.5 Å². The second-order valence-corrected chi connectivity index (χ2v) is 5.08. The molecule has 0 unspecified atom stereocenters. The van der Waals surface area contributed by atoms with Gasteiger partial charge in [0.2, 0.25) is 0 Å². The van der Waals surface area contributed by atoms with Crippen LogP contribution in [0.15, 0.2) is 41.1 Å². The number of unbranched alkanes of at least 4 members (excludes halogenated alkanes) is 2. The molecular formula is C17H23NO3. The van der Waals surface area contributed by atoms with Crippen LogP contribution >= 0.6 is 0 Å². The van der Waals surface area contributed by atoms with Gasteiger partial charge in [0.15, 0.2) is 0 Å². The van der Waals surface area contributed by atoms with Gasteiger partial charge in [-0.2, -0.15) is 0 Å². The van der Waals surface area contributed by atoms with Gasteiger partial charge in [-0.15, -0.1) is 0 Å². The summed E-state index contributed by atoms with van der Waals surface area (Å²) in [4.78, 5) is 0. The van der Waals surface area contributed by atoms with Crippen molar-refractivity contribution in [1.29, 1.82) is 0 Å². The molecule has 4 nitrogen and oxygen atoms in total. The smallest absolute Gasteiger partial charge is 0.124 e. The first-order chi connectivity index (χ1) is 10.3. The third-order valence-corrected chi connectivity index (χ3v) is 3.23. The highest BCUT2D eigenvalue weighted by Gasteiger charge is 1.97. The Morgan fingerprint density at radius 1 is 0.952 bits per heavy atom. The minimum absolute atomic E-state index is 0.599. The molecule has 0 amide bonds. The lowest BCUT2D eigenvalue weighted by Gasteiger charge is -2.07. The summed E-state index contributed by atoms with van der Waals surface area (Å²) in [5, 5.41) is 3.89. The van der Waals surface area contributed by atoms with Crippen LogP contribution in [-0.4, -0.2) is 25.0 Å². The summed E-state index contributed by atoms with van der Waals surface area (Å²) < 4.78 is 15.9. The number of benzene rings is 1. The molecule has 0 aliphatic carbocycles. The lowest BCUT2D eigenvalue weighted by molar-refractivity contribution is 0.0971. The van der Waals surface area contributed by atoms with Gasteiger partial charge in [-0.05, 0) is 38.3 Å². The fraction of sp³-hybridized carbons (Fsp3) is 0.471. The van der Waals surface area contributed by atoms with Gasteiger partial charge in [0.1, 0.15) is 18.6 Å². The van der Waals surface area contributed by atoms with Gasteiger partial charge >= 0.3 is 0 Å². The summed E-state index contributed by atoms with van der Waals surface area (Å²) in [6, 6.07) is 9.98. The van der Waals surface area contributed by atoms with Crippen LogP contribution in [0.25, 0.3) is 0 Å². The molecule has 0 fully saturated rings. The van der Waals surface area contributed by atoms with E-state index in [-0.39, 0.29) is 0 Å². The fourth-order valence-electron chi connectivity index (χ4n) is 2.01. The number of hydrogen-bond donors (Lipinski definition) is 0. The van der Waals surface area contributed by atoms with Gasteiger partial charge in [0, 0.05) is 12.7 Å². The molecule has 1 aromatic carbocycles. The lowest BCUT2D eigenvalue weighted by atomic mass is 10.1. The Morgan fingerprint density at radius 2 is 1.81 bits per heavy atom. The Morgan fingerprint density at radius 3 is 2.57 bits per heavy atom. The Kier molecular flexibility index (Phi) is 6.81. The van der Waals surface area contributed by atoms with Crippen LogP contribution in [0.3, 0.4) is 0 Å². The van der Waals surface area contributed by atoms with E-state index in [1.165, 1.54) is 5.56 Å². The molecule has 0 spiro atoms. The maximum absolute atomic E-state index is 5.59. The normalized spacial score (nSPS) is 10.7. The van der Waals surface area contributed by atoms with E-state index in [1.807, 2.05) is 30.3 Å². The zero-order valence-corrected chi connectivity index (χ0v) is 12.6. The summed E-state index contributed by atoms with van der Waals surface area (Å²) in [6.45, 7) is 4.09. The van der Waals surface area contributed by atoms with Crippen molar-refractivity contribution in [2.75, 3.05) is 19.8 Å². The largest absolute Gasteiger partial charge is 0.491 e. The van der Waals surface area contributed by atoms with Crippen molar-refractivity contribution in [2.45, 2.75) is 32.6 Å². The molecule has 2 rings (SSSR count). The summed E-state index contributed by atoms with van der Waals surface area (Å²) in [7, 11) is 0. The van der Waals surface area contributed by atoms with Crippen molar-refractivity contribution >= 4 is 0 Å². The summed E-state index contributed by atoms with van der Waals surface area (Å²) in [5.41, 5.74) is 2.27. The molecule has 21 heavy (non-hydrogen) atoms. The van der Waals surface area contributed by atoms with Gasteiger partial charge in [0.25, 0.3) is 0 Å².